The Kier molecular flexibility index (Phi) is 7.42. The fourth-order valence-corrected chi connectivity index (χ4v) is 5.39. The number of ether oxygens (including phenoxy) is 2. The van der Waals surface area contributed by atoms with Gasteiger partial charge in [-0.1, -0.05) is 42.5 Å². The van der Waals surface area contributed by atoms with Crippen molar-refractivity contribution in [2.75, 3.05) is 12.4 Å². The minimum absolute atomic E-state index is 0.253. The molecule has 0 spiro atoms. The molecule has 6 nitrogen and oxygen atoms in total. The summed E-state index contributed by atoms with van der Waals surface area (Å²) in [4.78, 5) is 17.7. The van der Waals surface area contributed by atoms with Gasteiger partial charge in [0, 0.05) is 32.3 Å². The average Bonchev–Trinajstić information content (AvgIpc) is 3.21. The van der Waals surface area contributed by atoms with Crippen molar-refractivity contribution in [3.05, 3.63) is 74.8 Å². The predicted molar refractivity (Wildman–Crippen MR) is 147 cm³/mol. The Morgan fingerprint density at radius 3 is 2.50 bits per heavy atom. The van der Waals surface area contributed by atoms with E-state index in [1.807, 2.05) is 30.5 Å². The molecule has 2 aromatic carbocycles. The highest BCUT2D eigenvalue weighted by molar-refractivity contribution is 9.10. The van der Waals surface area contributed by atoms with Crippen molar-refractivity contribution in [1.29, 1.82) is 0 Å². The topological polar surface area (TPSA) is 64.9 Å². The molecule has 0 aliphatic heterocycles. The van der Waals surface area contributed by atoms with Gasteiger partial charge in [0.2, 0.25) is 0 Å². The molecule has 0 radical (unpaired) electrons. The van der Waals surface area contributed by atoms with Crippen LogP contribution < -0.4 is 14.8 Å². The number of hydrogen-bond donors (Lipinski definition) is 1. The average molecular weight is 589 g/mol. The van der Waals surface area contributed by atoms with Crippen LogP contribution in [0.15, 0.2) is 59.2 Å². The predicted octanol–water partition coefficient (Wildman–Crippen LogP) is 8.04. The number of nitrogens with one attached hydrogen (secondary N) is 1. The van der Waals surface area contributed by atoms with Crippen LogP contribution in [-0.2, 0) is 0 Å². The molecule has 0 saturated heterocycles. The minimum atomic E-state index is -0.581. The van der Waals surface area contributed by atoms with Crippen molar-refractivity contribution >= 4 is 56.6 Å². The van der Waals surface area contributed by atoms with E-state index in [1.54, 1.807) is 12.1 Å². The number of aromatic nitrogens is 2. The number of methoxy groups -OCH3 is 1. The molecular formula is C27H24BrCl2N3O3. The molecule has 36 heavy (non-hydrogen) atoms. The second kappa shape index (κ2) is 10.7. The number of fused-ring (bicyclic) bond motifs is 1. The molecule has 5 rings (SSSR count). The van der Waals surface area contributed by atoms with Crippen LogP contribution in [0.3, 0.4) is 0 Å². The Morgan fingerprint density at radius 1 is 1.03 bits per heavy atom. The Bertz CT molecular complexity index is 1410. The molecule has 9 heteroatoms. The number of halogens is 3. The van der Waals surface area contributed by atoms with Crippen molar-refractivity contribution in [2.45, 2.75) is 38.1 Å². The van der Waals surface area contributed by atoms with Crippen molar-refractivity contribution in [3.63, 3.8) is 0 Å². The highest BCUT2D eigenvalue weighted by Gasteiger charge is 2.22. The highest BCUT2D eigenvalue weighted by Crippen LogP contribution is 2.37. The first kappa shape index (κ1) is 24.9. The smallest absolute Gasteiger partial charge is 0.343 e. The van der Waals surface area contributed by atoms with Gasteiger partial charge in [0.1, 0.15) is 17.2 Å². The summed E-state index contributed by atoms with van der Waals surface area (Å²) in [6, 6.07) is 14.3. The number of benzene rings is 2. The van der Waals surface area contributed by atoms with Gasteiger partial charge in [0.25, 0.3) is 0 Å². The Morgan fingerprint density at radius 2 is 1.78 bits per heavy atom. The van der Waals surface area contributed by atoms with E-state index in [0.717, 1.165) is 40.0 Å². The maximum atomic E-state index is 12.7. The summed E-state index contributed by atoms with van der Waals surface area (Å²) < 4.78 is 14.2. The molecule has 1 saturated carbocycles. The van der Waals surface area contributed by atoms with Crippen LogP contribution in [0.2, 0.25) is 10.0 Å². The fourth-order valence-electron chi connectivity index (χ4n) is 4.53. The van der Waals surface area contributed by atoms with Crippen molar-refractivity contribution in [1.82, 2.24) is 9.38 Å². The van der Waals surface area contributed by atoms with Crippen LogP contribution in [0.4, 0.5) is 5.82 Å². The van der Waals surface area contributed by atoms with Crippen LogP contribution in [0.5, 0.6) is 11.5 Å². The van der Waals surface area contributed by atoms with Gasteiger partial charge in [-0.3, -0.25) is 4.40 Å². The lowest BCUT2D eigenvalue weighted by Gasteiger charge is -2.24. The summed E-state index contributed by atoms with van der Waals surface area (Å²) in [7, 11) is 1.54. The Labute approximate surface area is 227 Å². The molecule has 1 aliphatic rings. The summed E-state index contributed by atoms with van der Waals surface area (Å²) in [6.45, 7) is 0. The van der Waals surface area contributed by atoms with E-state index in [2.05, 4.69) is 25.6 Å². The number of imidazole rings is 1. The number of hydrogen-bond acceptors (Lipinski definition) is 5. The summed E-state index contributed by atoms with van der Waals surface area (Å²) in [5, 5.41) is 4.45. The van der Waals surface area contributed by atoms with Crippen molar-refractivity contribution < 1.29 is 14.3 Å². The highest BCUT2D eigenvalue weighted by atomic mass is 79.9. The Balaban J connectivity index is 1.50. The van der Waals surface area contributed by atoms with Gasteiger partial charge in [-0.25, -0.2) is 9.78 Å². The number of carbonyl (C=O) groups is 1. The SMILES string of the molecule is COc1cc(-c2nc3ccc(Br)cn3c2NC2CCCCC2)ccc1OC(=O)c1cc(Cl)cc(Cl)c1. The molecular weight excluding hydrogens is 565 g/mol. The molecule has 0 amide bonds. The summed E-state index contributed by atoms with van der Waals surface area (Å²) in [5.41, 5.74) is 2.73. The molecule has 1 N–H and O–H groups in total. The van der Waals surface area contributed by atoms with Gasteiger partial charge >= 0.3 is 5.97 Å². The van der Waals surface area contributed by atoms with E-state index >= 15 is 0 Å². The monoisotopic (exact) mass is 587 g/mol. The molecule has 4 aromatic rings. The van der Waals surface area contributed by atoms with Gasteiger partial charge in [-0.2, -0.15) is 0 Å². The van der Waals surface area contributed by atoms with Gasteiger partial charge < -0.3 is 14.8 Å². The molecule has 0 atom stereocenters. The van der Waals surface area contributed by atoms with Crippen LogP contribution in [0.25, 0.3) is 16.9 Å². The van der Waals surface area contributed by atoms with Crippen LogP contribution in [-0.4, -0.2) is 28.5 Å². The standard InChI is InChI=1S/C27H24BrCl2N3O3/c1-35-23-13-16(7-9-22(23)36-27(34)17-11-19(29)14-20(30)12-17)25-26(31-21-5-3-2-4-6-21)33-15-18(28)8-10-24(33)32-25/h7-15,21,31H,2-6H2,1H3. The molecule has 2 heterocycles. The second-order valence-corrected chi connectivity index (χ2v) is 10.6. The number of nitrogens with zero attached hydrogens (tertiary/aromatic N) is 2. The van der Waals surface area contributed by atoms with E-state index < -0.39 is 5.97 Å². The van der Waals surface area contributed by atoms with E-state index in [1.165, 1.54) is 38.5 Å². The second-order valence-electron chi connectivity index (χ2n) is 8.78. The molecule has 2 aromatic heterocycles. The lowest BCUT2D eigenvalue weighted by molar-refractivity contribution is 0.0729. The number of rotatable bonds is 6. The first-order chi connectivity index (χ1) is 17.4. The molecule has 0 unspecified atom stereocenters. The quantitative estimate of drug-likeness (QED) is 0.182. The summed E-state index contributed by atoms with van der Waals surface area (Å²) >= 11 is 15.7. The number of pyridine rings is 1. The van der Waals surface area contributed by atoms with E-state index in [9.17, 15) is 4.79 Å². The summed E-state index contributed by atoms with van der Waals surface area (Å²) in [5.74, 6) is 1.05. The zero-order valence-corrected chi connectivity index (χ0v) is 22.7. The Hall–Kier alpha value is -2.74. The van der Waals surface area contributed by atoms with Crippen LogP contribution in [0.1, 0.15) is 42.5 Å². The summed E-state index contributed by atoms with van der Waals surface area (Å²) in [6.07, 6.45) is 8.00. The van der Waals surface area contributed by atoms with Gasteiger partial charge in [0.15, 0.2) is 11.5 Å². The first-order valence-corrected chi connectivity index (χ1v) is 13.3. The van der Waals surface area contributed by atoms with E-state index in [4.69, 9.17) is 37.7 Å². The largest absolute Gasteiger partial charge is 0.493 e. The zero-order valence-electron chi connectivity index (χ0n) is 19.6. The lowest BCUT2D eigenvalue weighted by Crippen LogP contribution is -2.23. The first-order valence-electron chi connectivity index (χ1n) is 11.7. The molecule has 186 valence electrons. The van der Waals surface area contributed by atoms with Crippen LogP contribution in [0, 0.1) is 0 Å². The van der Waals surface area contributed by atoms with Gasteiger partial charge in [-0.05, 0) is 77.3 Å². The van der Waals surface area contributed by atoms with Crippen LogP contribution >= 0.6 is 39.1 Å². The molecule has 0 bridgehead atoms. The fraction of sp³-hybridized carbons (Fsp3) is 0.259. The number of anilines is 1. The minimum Gasteiger partial charge on any atom is -0.493 e. The maximum Gasteiger partial charge on any atom is 0.343 e. The third kappa shape index (κ3) is 5.33. The maximum absolute atomic E-state index is 12.7. The van der Waals surface area contributed by atoms with Gasteiger partial charge in [0.05, 0.1) is 12.7 Å². The zero-order chi connectivity index (χ0) is 25.2. The molecule has 1 aliphatic carbocycles. The lowest BCUT2D eigenvalue weighted by atomic mass is 9.95. The third-order valence-corrected chi connectivity index (χ3v) is 7.17. The van der Waals surface area contributed by atoms with E-state index in [-0.39, 0.29) is 11.3 Å². The van der Waals surface area contributed by atoms with Crippen molar-refractivity contribution in [3.8, 4) is 22.8 Å². The number of esters is 1. The van der Waals surface area contributed by atoms with Gasteiger partial charge in [-0.15, -0.1) is 0 Å². The number of carbonyl (C=O) groups excluding carboxylic acids is 1. The van der Waals surface area contributed by atoms with Crippen molar-refractivity contribution in [2.24, 2.45) is 0 Å². The van der Waals surface area contributed by atoms with E-state index in [0.29, 0.717) is 21.8 Å². The normalized spacial score (nSPS) is 14.1. The third-order valence-electron chi connectivity index (χ3n) is 6.27. The molecule has 1 fully saturated rings.